The number of hydrazine groups is 1. The lowest BCUT2D eigenvalue weighted by Crippen LogP contribution is -2.13. The van der Waals surface area contributed by atoms with Gasteiger partial charge < -0.3 is 15.5 Å². The molecule has 6 heteroatoms. The summed E-state index contributed by atoms with van der Waals surface area (Å²) >= 11 is 0. The standard InChI is InChI=1S/C14H19N5O/c1-20-12-13(17-10-18-14(12)19-15)16-9-5-8-11-6-3-2-4-7-11/h2-4,6-7,10H,5,8-9,15H2,1H3,(H2,16,17,18,19). The Morgan fingerprint density at radius 1 is 1.15 bits per heavy atom. The molecular formula is C14H19N5O. The van der Waals surface area contributed by atoms with E-state index in [2.05, 4.69) is 45.0 Å². The Hall–Kier alpha value is -2.34. The Balaban J connectivity index is 1.88. The lowest BCUT2D eigenvalue weighted by molar-refractivity contribution is 0.414. The minimum Gasteiger partial charge on any atom is -0.490 e. The summed E-state index contributed by atoms with van der Waals surface area (Å²) in [6.07, 6.45) is 3.46. The van der Waals surface area contributed by atoms with Crippen molar-refractivity contribution in [2.24, 2.45) is 5.84 Å². The van der Waals surface area contributed by atoms with Crippen LogP contribution in [0.4, 0.5) is 11.6 Å². The van der Waals surface area contributed by atoms with Crippen molar-refractivity contribution < 1.29 is 4.74 Å². The van der Waals surface area contributed by atoms with E-state index in [0.29, 0.717) is 17.4 Å². The molecule has 1 aromatic heterocycles. The van der Waals surface area contributed by atoms with Crippen molar-refractivity contribution in [2.45, 2.75) is 12.8 Å². The van der Waals surface area contributed by atoms with Gasteiger partial charge in [-0.3, -0.25) is 0 Å². The van der Waals surface area contributed by atoms with Crippen LogP contribution in [0.15, 0.2) is 36.7 Å². The zero-order valence-electron chi connectivity index (χ0n) is 11.5. The fourth-order valence-electron chi connectivity index (χ4n) is 1.94. The first kappa shape index (κ1) is 14.1. The lowest BCUT2D eigenvalue weighted by atomic mass is 10.1. The summed E-state index contributed by atoms with van der Waals surface area (Å²) < 4.78 is 5.25. The summed E-state index contributed by atoms with van der Waals surface area (Å²) in [5, 5.41) is 3.24. The number of aryl methyl sites for hydroxylation is 1. The fraction of sp³-hybridized carbons (Fsp3) is 0.286. The Morgan fingerprint density at radius 2 is 1.90 bits per heavy atom. The van der Waals surface area contributed by atoms with E-state index in [1.807, 2.05) is 6.07 Å². The SMILES string of the molecule is COc1c(NN)ncnc1NCCCc1ccccc1. The Morgan fingerprint density at radius 3 is 2.60 bits per heavy atom. The summed E-state index contributed by atoms with van der Waals surface area (Å²) in [6, 6.07) is 10.4. The molecule has 1 aromatic carbocycles. The van der Waals surface area contributed by atoms with Crippen LogP contribution >= 0.6 is 0 Å². The second-order valence-corrected chi connectivity index (χ2v) is 4.26. The number of nitrogens with one attached hydrogen (secondary N) is 2. The van der Waals surface area contributed by atoms with Crippen molar-refractivity contribution in [1.82, 2.24) is 9.97 Å². The summed E-state index contributed by atoms with van der Waals surface area (Å²) in [5.74, 6) is 7.01. The predicted molar refractivity (Wildman–Crippen MR) is 79.6 cm³/mol. The van der Waals surface area contributed by atoms with E-state index >= 15 is 0 Å². The highest BCUT2D eigenvalue weighted by Crippen LogP contribution is 2.27. The zero-order chi connectivity index (χ0) is 14.2. The molecule has 0 aliphatic rings. The zero-order valence-corrected chi connectivity index (χ0v) is 11.5. The Bertz CT molecular complexity index is 532. The normalized spacial score (nSPS) is 10.1. The van der Waals surface area contributed by atoms with Gasteiger partial charge in [0.1, 0.15) is 6.33 Å². The van der Waals surface area contributed by atoms with Gasteiger partial charge >= 0.3 is 0 Å². The number of benzene rings is 1. The van der Waals surface area contributed by atoms with Gasteiger partial charge in [0.15, 0.2) is 11.6 Å². The van der Waals surface area contributed by atoms with Crippen molar-refractivity contribution in [1.29, 1.82) is 0 Å². The van der Waals surface area contributed by atoms with Crippen molar-refractivity contribution in [3.05, 3.63) is 42.2 Å². The first-order chi connectivity index (χ1) is 9.85. The maximum atomic E-state index is 5.38. The molecule has 0 aliphatic carbocycles. The summed E-state index contributed by atoms with van der Waals surface area (Å²) in [7, 11) is 1.56. The highest BCUT2D eigenvalue weighted by molar-refractivity contribution is 5.62. The number of hydrogen-bond acceptors (Lipinski definition) is 6. The van der Waals surface area contributed by atoms with Gasteiger partial charge in [0.25, 0.3) is 0 Å². The first-order valence-corrected chi connectivity index (χ1v) is 6.48. The van der Waals surface area contributed by atoms with Gasteiger partial charge in [-0.05, 0) is 18.4 Å². The molecule has 20 heavy (non-hydrogen) atoms. The molecule has 2 rings (SSSR count). The third-order valence-electron chi connectivity index (χ3n) is 2.92. The molecule has 0 fully saturated rings. The average molecular weight is 273 g/mol. The van der Waals surface area contributed by atoms with Crippen LogP contribution in [0.1, 0.15) is 12.0 Å². The maximum absolute atomic E-state index is 5.38. The maximum Gasteiger partial charge on any atom is 0.205 e. The van der Waals surface area contributed by atoms with Crippen molar-refractivity contribution >= 4 is 11.6 Å². The fourth-order valence-corrected chi connectivity index (χ4v) is 1.94. The second kappa shape index (κ2) is 7.30. The van der Waals surface area contributed by atoms with Crippen LogP contribution in [0.3, 0.4) is 0 Å². The van der Waals surface area contributed by atoms with Gasteiger partial charge in [0.2, 0.25) is 5.75 Å². The van der Waals surface area contributed by atoms with Crippen LogP contribution in [0.25, 0.3) is 0 Å². The number of ether oxygens (including phenoxy) is 1. The van der Waals surface area contributed by atoms with E-state index in [9.17, 15) is 0 Å². The molecule has 0 spiro atoms. The summed E-state index contributed by atoms with van der Waals surface area (Å²) in [6.45, 7) is 0.798. The molecule has 0 saturated carbocycles. The van der Waals surface area contributed by atoms with Crippen molar-refractivity contribution in [3.8, 4) is 5.75 Å². The van der Waals surface area contributed by atoms with Crippen LogP contribution in [0, 0.1) is 0 Å². The third-order valence-corrected chi connectivity index (χ3v) is 2.92. The smallest absolute Gasteiger partial charge is 0.205 e. The molecule has 0 bridgehead atoms. The highest BCUT2D eigenvalue weighted by atomic mass is 16.5. The van der Waals surface area contributed by atoms with Crippen LogP contribution in [0.5, 0.6) is 5.75 Å². The van der Waals surface area contributed by atoms with Gasteiger partial charge in [-0.1, -0.05) is 30.3 Å². The molecule has 0 unspecified atom stereocenters. The molecule has 1 heterocycles. The number of methoxy groups -OCH3 is 1. The molecule has 106 valence electrons. The van der Waals surface area contributed by atoms with E-state index in [4.69, 9.17) is 10.6 Å². The Labute approximate surface area is 118 Å². The van der Waals surface area contributed by atoms with E-state index < -0.39 is 0 Å². The predicted octanol–water partition coefficient (Wildman–Crippen LogP) is 1.82. The van der Waals surface area contributed by atoms with E-state index in [-0.39, 0.29) is 0 Å². The van der Waals surface area contributed by atoms with Gasteiger partial charge in [0.05, 0.1) is 7.11 Å². The quantitative estimate of drug-likeness (QED) is 0.405. The van der Waals surface area contributed by atoms with Gasteiger partial charge in [-0.15, -0.1) is 0 Å². The van der Waals surface area contributed by atoms with Gasteiger partial charge in [0, 0.05) is 6.54 Å². The number of anilines is 2. The van der Waals surface area contributed by atoms with Crippen LogP contribution in [-0.4, -0.2) is 23.6 Å². The van der Waals surface area contributed by atoms with Crippen LogP contribution in [-0.2, 0) is 6.42 Å². The number of aromatic nitrogens is 2. The van der Waals surface area contributed by atoms with E-state index in [1.54, 1.807) is 7.11 Å². The molecule has 0 aliphatic heterocycles. The second-order valence-electron chi connectivity index (χ2n) is 4.26. The lowest BCUT2D eigenvalue weighted by Gasteiger charge is -2.12. The third kappa shape index (κ3) is 3.58. The number of rotatable bonds is 7. The molecular weight excluding hydrogens is 254 g/mol. The summed E-state index contributed by atoms with van der Waals surface area (Å²) in [4.78, 5) is 8.15. The molecule has 6 nitrogen and oxygen atoms in total. The summed E-state index contributed by atoms with van der Waals surface area (Å²) in [5.41, 5.74) is 3.81. The molecule has 0 radical (unpaired) electrons. The Kier molecular flexibility index (Phi) is 5.14. The van der Waals surface area contributed by atoms with Crippen LogP contribution in [0.2, 0.25) is 0 Å². The van der Waals surface area contributed by atoms with Gasteiger partial charge in [-0.25, -0.2) is 15.8 Å². The number of nitrogens with two attached hydrogens (primary N) is 1. The van der Waals surface area contributed by atoms with Gasteiger partial charge in [-0.2, -0.15) is 0 Å². The molecule has 4 N–H and O–H groups in total. The molecule has 2 aromatic rings. The monoisotopic (exact) mass is 273 g/mol. The minimum absolute atomic E-state index is 0.466. The average Bonchev–Trinajstić information content (AvgIpc) is 2.52. The van der Waals surface area contributed by atoms with Crippen LogP contribution < -0.4 is 21.3 Å². The highest BCUT2D eigenvalue weighted by Gasteiger charge is 2.10. The number of hydrogen-bond donors (Lipinski definition) is 3. The van der Waals surface area contributed by atoms with Crippen molar-refractivity contribution in [3.63, 3.8) is 0 Å². The minimum atomic E-state index is 0.466. The largest absolute Gasteiger partial charge is 0.490 e. The van der Waals surface area contributed by atoms with Crippen molar-refractivity contribution in [2.75, 3.05) is 24.4 Å². The van der Waals surface area contributed by atoms with E-state index in [0.717, 1.165) is 19.4 Å². The first-order valence-electron chi connectivity index (χ1n) is 6.48. The topological polar surface area (TPSA) is 85.1 Å². The molecule has 0 saturated heterocycles. The number of nitrogen functional groups attached to an aromatic ring is 1. The molecule has 0 amide bonds. The molecule has 0 atom stereocenters. The number of nitrogens with zero attached hydrogens (tertiary/aromatic N) is 2. The van der Waals surface area contributed by atoms with E-state index in [1.165, 1.54) is 11.9 Å².